The summed E-state index contributed by atoms with van der Waals surface area (Å²) >= 11 is 1.65. The molecule has 20 heavy (non-hydrogen) atoms. The number of aliphatic hydroxyl groups excluding tert-OH is 1. The molecule has 2 aliphatic carbocycles. The number of thiazole rings is 1. The van der Waals surface area contributed by atoms with E-state index in [4.69, 9.17) is 0 Å². The molecule has 0 bridgehead atoms. The lowest BCUT2D eigenvalue weighted by Gasteiger charge is -2.18. The molecule has 3 N–H and O–H groups in total. The number of aryl methyl sites for hydroxylation is 1. The second-order valence-electron chi connectivity index (χ2n) is 6.11. The van der Waals surface area contributed by atoms with Crippen molar-refractivity contribution in [3.05, 3.63) is 16.1 Å². The lowest BCUT2D eigenvalue weighted by atomic mass is 10.1. The van der Waals surface area contributed by atoms with Gasteiger partial charge in [0.25, 0.3) is 0 Å². The minimum absolute atomic E-state index is 0.0398. The minimum Gasteiger partial charge on any atom is -0.396 e. The highest BCUT2D eigenvalue weighted by atomic mass is 32.1. The van der Waals surface area contributed by atoms with Gasteiger partial charge < -0.3 is 15.7 Å². The lowest BCUT2D eigenvalue weighted by Crippen LogP contribution is -2.41. The number of amides is 2. The number of nitrogens with one attached hydrogen (secondary N) is 2. The Morgan fingerprint density at radius 2 is 2.35 bits per heavy atom. The van der Waals surface area contributed by atoms with E-state index >= 15 is 0 Å². The van der Waals surface area contributed by atoms with Crippen LogP contribution >= 0.6 is 11.3 Å². The third-order valence-corrected chi connectivity index (χ3v) is 5.20. The maximum Gasteiger partial charge on any atom is 0.315 e. The number of carbonyl (C=O) groups is 1. The van der Waals surface area contributed by atoms with Crippen molar-refractivity contribution in [3.8, 4) is 0 Å². The van der Waals surface area contributed by atoms with E-state index in [0.29, 0.717) is 12.5 Å². The van der Waals surface area contributed by atoms with Crippen LogP contribution in [0.2, 0.25) is 0 Å². The van der Waals surface area contributed by atoms with Gasteiger partial charge in [0.2, 0.25) is 0 Å². The van der Waals surface area contributed by atoms with E-state index in [9.17, 15) is 9.90 Å². The topological polar surface area (TPSA) is 74.2 Å². The third kappa shape index (κ3) is 3.12. The fourth-order valence-electron chi connectivity index (χ4n) is 2.35. The second-order valence-corrected chi connectivity index (χ2v) is 7.38. The molecule has 0 saturated heterocycles. The summed E-state index contributed by atoms with van der Waals surface area (Å²) in [5.74, 6) is 0.527. The molecule has 2 amide bonds. The number of nitrogens with zero attached hydrogens (tertiary/aromatic N) is 1. The van der Waals surface area contributed by atoms with E-state index in [0.717, 1.165) is 30.7 Å². The van der Waals surface area contributed by atoms with Crippen LogP contribution in [0.25, 0.3) is 0 Å². The summed E-state index contributed by atoms with van der Waals surface area (Å²) in [6, 6.07) is -0.104. The highest BCUT2D eigenvalue weighted by Gasteiger charge is 2.42. The van der Waals surface area contributed by atoms with Gasteiger partial charge in [-0.1, -0.05) is 0 Å². The van der Waals surface area contributed by atoms with E-state index in [2.05, 4.69) is 15.6 Å². The maximum atomic E-state index is 12.0. The molecule has 2 aliphatic rings. The summed E-state index contributed by atoms with van der Waals surface area (Å²) < 4.78 is 0. The zero-order chi connectivity index (χ0) is 14.2. The monoisotopic (exact) mass is 295 g/mol. The van der Waals surface area contributed by atoms with Gasteiger partial charge in [-0.3, -0.25) is 0 Å². The average Bonchev–Trinajstić information content (AvgIpc) is 3.34. The van der Waals surface area contributed by atoms with Crippen molar-refractivity contribution in [2.24, 2.45) is 11.3 Å². The number of aromatic nitrogens is 1. The van der Waals surface area contributed by atoms with E-state index in [1.165, 1.54) is 4.88 Å². The largest absolute Gasteiger partial charge is 0.396 e. The first-order valence-corrected chi connectivity index (χ1v) is 8.01. The molecule has 3 rings (SSSR count). The van der Waals surface area contributed by atoms with Gasteiger partial charge in [0.1, 0.15) is 5.01 Å². The number of hydrogen-bond donors (Lipinski definition) is 3. The van der Waals surface area contributed by atoms with E-state index in [-0.39, 0.29) is 24.1 Å². The zero-order valence-corrected chi connectivity index (χ0v) is 12.5. The van der Waals surface area contributed by atoms with Crippen molar-refractivity contribution in [1.82, 2.24) is 15.6 Å². The molecular weight excluding hydrogens is 274 g/mol. The summed E-state index contributed by atoms with van der Waals surface area (Å²) in [5, 5.41) is 16.2. The fraction of sp³-hybridized carbons (Fsp3) is 0.714. The standard InChI is InChI=1S/C14H21N3O2S/c1-9-6-15-12(20-9)11(10-2-3-10)17-13(19)16-7-14(8-18)4-5-14/h6,10-11,18H,2-5,7-8H2,1H3,(H2,16,17,19). The van der Waals surface area contributed by atoms with Gasteiger partial charge >= 0.3 is 6.03 Å². The Hall–Kier alpha value is -1.14. The number of aliphatic hydroxyl groups is 1. The van der Waals surface area contributed by atoms with Crippen molar-refractivity contribution in [2.45, 2.75) is 38.6 Å². The quantitative estimate of drug-likeness (QED) is 0.751. The van der Waals surface area contributed by atoms with Crippen LogP contribution in [0.4, 0.5) is 4.79 Å². The normalized spacial score (nSPS) is 21.3. The Morgan fingerprint density at radius 3 is 2.85 bits per heavy atom. The molecule has 1 aromatic rings. The second kappa shape index (κ2) is 5.33. The van der Waals surface area contributed by atoms with Crippen LogP contribution in [0.1, 0.15) is 41.6 Å². The average molecular weight is 295 g/mol. The van der Waals surface area contributed by atoms with Gasteiger partial charge in [0.15, 0.2) is 0 Å². The zero-order valence-electron chi connectivity index (χ0n) is 11.7. The van der Waals surface area contributed by atoms with E-state index < -0.39 is 0 Å². The van der Waals surface area contributed by atoms with Crippen LogP contribution in [0, 0.1) is 18.3 Å². The molecule has 1 unspecified atom stereocenters. The third-order valence-electron chi connectivity index (χ3n) is 4.20. The maximum absolute atomic E-state index is 12.0. The van der Waals surface area contributed by atoms with Crippen LogP contribution in [0.3, 0.4) is 0 Å². The van der Waals surface area contributed by atoms with E-state index in [1.54, 1.807) is 11.3 Å². The van der Waals surface area contributed by atoms with Gasteiger partial charge in [0, 0.05) is 23.0 Å². The van der Waals surface area contributed by atoms with Crippen LogP contribution in [0.15, 0.2) is 6.20 Å². The summed E-state index contributed by atoms with van der Waals surface area (Å²) in [4.78, 5) is 17.6. The first kappa shape index (κ1) is 13.8. The molecule has 0 aliphatic heterocycles. The number of rotatable bonds is 6. The molecule has 5 nitrogen and oxygen atoms in total. The van der Waals surface area contributed by atoms with Crippen LogP contribution in [-0.4, -0.2) is 29.3 Å². The highest BCUT2D eigenvalue weighted by molar-refractivity contribution is 7.11. The molecule has 1 atom stereocenters. The van der Waals surface area contributed by atoms with Crippen molar-refractivity contribution in [3.63, 3.8) is 0 Å². The van der Waals surface area contributed by atoms with Gasteiger partial charge in [-0.2, -0.15) is 0 Å². The molecule has 6 heteroatoms. The van der Waals surface area contributed by atoms with Gasteiger partial charge in [-0.25, -0.2) is 9.78 Å². The number of hydrogen-bond acceptors (Lipinski definition) is 4. The Labute approximate surface area is 122 Å². The van der Waals surface area contributed by atoms with Crippen molar-refractivity contribution in [2.75, 3.05) is 13.2 Å². The van der Waals surface area contributed by atoms with Crippen LogP contribution < -0.4 is 10.6 Å². The first-order chi connectivity index (χ1) is 9.62. The molecule has 0 spiro atoms. The van der Waals surface area contributed by atoms with Gasteiger partial charge in [-0.05, 0) is 38.5 Å². The van der Waals surface area contributed by atoms with E-state index in [1.807, 2.05) is 13.1 Å². The predicted octanol–water partition coefficient (Wildman–Crippen LogP) is 1.97. The lowest BCUT2D eigenvalue weighted by molar-refractivity contribution is 0.201. The summed E-state index contributed by atoms with van der Waals surface area (Å²) in [6.45, 7) is 2.75. The Morgan fingerprint density at radius 1 is 1.60 bits per heavy atom. The predicted molar refractivity (Wildman–Crippen MR) is 77.6 cm³/mol. The van der Waals surface area contributed by atoms with Crippen molar-refractivity contribution < 1.29 is 9.90 Å². The fourth-order valence-corrected chi connectivity index (χ4v) is 3.27. The molecule has 110 valence electrons. The summed E-state index contributed by atoms with van der Waals surface area (Å²) in [6.07, 6.45) is 6.18. The van der Waals surface area contributed by atoms with Crippen LogP contribution in [0.5, 0.6) is 0 Å². The van der Waals surface area contributed by atoms with Gasteiger partial charge in [0.05, 0.1) is 12.6 Å². The summed E-state index contributed by atoms with van der Waals surface area (Å²) in [7, 11) is 0. The number of carbonyl (C=O) groups excluding carboxylic acids is 1. The minimum atomic E-state index is -0.144. The van der Waals surface area contributed by atoms with Crippen molar-refractivity contribution in [1.29, 1.82) is 0 Å². The van der Waals surface area contributed by atoms with Crippen LogP contribution in [-0.2, 0) is 0 Å². The molecule has 0 aromatic carbocycles. The van der Waals surface area contributed by atoms with Gasteiger partial charge in [-0.15, -0.1) is 11.3 Å². The van der Waals surface area contributed by atoms with Crippen molar-refractivity contribution >= 4 is 17.4 Å². The number of urea groups is 1. The first-order valence-electron chi connectivity index (χ1n) is 7.19. The smallest absolute Gasteiger partial charge is 0.315 e. The summed E-state index contributed by atoms with van der Waals surface area (Å²) in [5.41, 5.74) is -0.0514. The molecule has 1 heterocycles. The Balaban J connectivity index is 1.55. The SMILES string of the molecule is Cc1cnc(C(NC(=O)NCC2(CO)CC2)C2CC2)s1. The highest BCUT2D eigenvalue weighted by Crippen LogP contribution is 2.44. The molecule has 0 radical (unpaired) electrons. The Bertz CT molecular complexity index is 494. The molecule has 2 fully saturated rings. The molecule has 1 aromatic heterocycles. The Kier molecular flexibility index (Phi) is 3.69. The molecular formula is C14H21N3O2S. The molecule has 2 saturated carbocycles.